The molecule has 3 heterocycles. The number of aryl methyl sites for hydroxylation is 2. The molecule has 2 fully saturated rings. The number of ether oxygens (including phenoxy) is 1. The lowest BCUT2D eigenvalue weighted by atomic mass is 9.90. The van der Waals surface area contributed by atoms with Crippen molar-refractivity contribution in [1.29, 1.82) is 0 Å². The Morgan fingerprint density at radius 3 is 2.58 bits per heavy atom. The van der Waals surface area contributed by atoms with Crippen molar-refractivity contribution in [2.24, 2.45) is 5.92 Å². The lowest BCUT2D eigenvalue weighted by Crippen LogP contribution is -2.38. The van der Waals surface area contributed by atoms with Gasteiger partial charge in [0.05, 0.1) is 24.4 Å². The number of amides is 2. The first-order valence-electron chi connectivity index (χ1n) is 12.4. The van der Waals surface area contributed by atoms with Crippen LogP contribution in [0.2, 0.25) is 10.0 Å². The van der Waals surface area contributed by atoms with Gasteiger partial charge in [0.15, 0.2) is 6.10 Å². The first kappa shape index (κ1) is 25.4. The molecule has 3 aromatic rings. The van der Waals surface area contributed by atoms with Crippen LogP contribution >= 0.6 is 34.5 Å². The average Bonchev–Trinajstić information content (AvgIpc) is 3.54. The number of carbonyl (C=O) groups excluding carboxylic acids is 3. The Morgan fingerprint density at radius 1 is 1.08 bits per heavy atom. The molecule has 2 aliphatic heterocycles. The number of imide groups is 1. The summed E-state index contributed by atoms with van der Waals surface area (Å²) < 4.78 is 5.08. The van der Waals surface area contributed by atoms with E-state index in [4.69, 9.17) is 32.8 Å². The van der Waals surface area contributed by atoms with E-state index >= 15 is 0 Å². The summed E-state index contributed by atoms with van der Waals surface area (Å²) in [7, 11) is 1.31. The largest absolute Gasteiger partial charge is 0.465 e. The second-order valence-electron chi connectivity index (χ2n) is 9.67. The van der Waals surface area contributed by atoms with Crippen molar-refractivity contribution >= 4 is 63.0 Å². The highest BCUT2D eigenvalue weighted by Crippen LogP contribution is 2.51. The monoisotopic (exact) mass is 570 g/mol. The summed E-state index contributed by atoms with van der Waals surface area (Å²) in [5, 5.41) is 2.76. The van der Waals surface area contributed by atoms with E-state index in [0.717, 1.165) is 45.9 Å². The number of anilines is 2. The molecule has 1 aliphatic carbocycles. The Morgan fingerprint density at radius 2 is 1.84 bits per heavy atom. The fourth-order valence-corrected chi connectivity index (χ4v) is 7.62. The third-order valence-corrected chi connectivity index (χ3v) is 9.33. The van der Waals surface area contributed by atoms with E-state index in [1.54, 1.807) is 23.3 Å². The highest BCUT2D eigenvalue weighted by atomic mass is 35.5. The van der Waals surface area contributed by atoms with Crippen LogP contribution in [0.15, 0.2) is 42.5 Å². The van der Waals surface area contributed by atoms with Gasteiger partial charge in [-0.05, 0) is 67.5 Å². The van der Waals surface area contributed by atoms with Crippen LogP contribution in [0.1, 0.15) is 50.8 Å². The molecule has 1 aromatic heterocycles. The number of nitrogens with zero attached hydrogens (tertiary/aromatic N) is 2. The summed E-state index contributed by atoms with van der Waals surface area (Å²) in [6, 6.07) is 12.0. The lowest BCUT2D eigenvalue weighted by molar-refractivity contribution is -0.126. The molecule has 3 aliphatic rings. The number of carbonyl (C=O) groups is 3. The predicted octanol–water partition coefficient (Wildman–Crippen LogP) is 6.08. The Balaban J connectivity index is 1.48. The summed E-state index contributed by atoms with van der Waals surface area (Å²) in [6.07, 6.45) is 2.36. The molecule has 0 N–H and O–H groups in total. The number of hydrogen-bond donors (Lipinski definition) is 0. The minimum absolute atomic E-state index is 0.311. The molecule has 0 spiro atoms. The van der Waals surface area contributed by atoms with Gasteiger partial charge in [0.1, 0.15) is 10.9 Å². The van der Waals surface area contributed by atoms with Crippen LogP contribution in [0, 0.1) is 12.8 Å². The highest BCUT2D eigenvalue weighted by Gasteiger charge is 2.61. The number of fused-ring (bicyclic) bond motifs is 2. The molecular formula is C28H24Cl2N2O5S. The summed E-state index contributed by atoms with van der Waals surface area (Å²) in [5.74, 6) is -2.37. The minimum Gasteiger partial charge on any atom is -0.465 e. The molecule has 7 nitrogen and oxygen atoms in total. The Labute approximate surface area is 233 Å². The topological polar surface area (TPSA) is 76.2 Å². The molecule has 196 valence electrons. The van der Waals surface area contributed by atoms with Crippen molar-refractivity contribution < 1.29 is 24.0 Å². The summed E-state index contributed by atoms with van der Waals surface area (Å²) in [5.41, 5.74) is 3.45. The zero-order chi connectivity index (χ0) is 26.7. The maximum atomic E-state index is 14.2. The highest BCUT2D eigenvalue weighted by molar-refractivity contribution is 7.17. The van der Waals surface area contributed by atoms with E-state index < -0.39 is 35.8 Å². The van der Waals surface area contributed by atoms with E-state index in [1.165, 1.54) is 18.4 Å². The maximum absolute atomic E-state index is 14.2. The number of hydrogen-bond acceptors (Lipinski definition) is 7. The van der Waals surface area contributed by atoms with Crippen molar-refractivity contribution in [3.8, 4) is 0 Å². The Bertz CT molecular complexity index is 1490. The third kappa shape index (κ3) is 3.85. The smallest absolute Gasteiger partial charge is 0.341 e. The molecule has 38 heavy (non-hydrogen) atoms. The summed E-state index contributed by atoms with van der Waals surface area (Å²) >= 11 is 14.1. The first-order valence-corrected chi connectivity index (χ1v) is 14.0. The van der Waals surface area contributed by atoms with E-state index in [0.29, 0.717) is 32.6 Å². The minimum atomic E-state index is -1.08. The van der Waals surface area contributed by atoms with Crippen LogP contribution in [-0.4, -0.2) is 31.0 Å². The number of methoxy groups -OCH3 is 1. The normalized spacial score (nSPS) is 22.6. The van der Waals surface area contributed by atoms with Gasteiger partial charge < -0.3 is 4.74 Å². The van der Waals surface area contributed by atoms with E-state index in [-0.39, 0.29) is 0 Å². The van der Waals surface area contributed by atoms with Crippen LogP contribution in [0.25, 0.3) is 0 Å². The van der Waals surface area contributed by atoms with E-state index in [2.05, 4.69) is 0 Å². The van der Waals surface area contributed by atoms with Crippen LogP contribution in [0.4, 0.5) is 10.7 Å². The molecule has 3 atom stereocenters. The first-order chi connectivity index (χ1) is 18.3. The average molecular weight is 571 g/mol. The number of rotatable bonds is 4. The van der Waals surface area contributed by atoms with Crippen LogP contribution in [-0.2, 0) is 32.0 Å². The number of thiophene rings is 1. The van der Waals surface area contributed by atoms with Gasteiger partial charge in [-0.15, -0.1) is 11.3 Å². The molecule has 2 saturated heterocycles. The van der Waals surface area contributed by atoms with Crippen molar-refractivity contribution in [2.45, 2.75) is 44.8 Å². The van der Waals surface area contributed by atoms with Gasteiger partial charge in [0, 0.05) is 14.9 Å². The van der Waals surface area contributed by atoms with Crippen LogP contribution in [0.3, 0.4) is 0 Å². The fourth-order valence-electron chi connectivity index (χ4n) is 5.71. The van der Waals surface area contributed by atoms with Crippen molar-refractivity contribution in [2.75, 3.05) is 17.1 Å². The van der Waals surface area contributed by atoms with Crippen LogP contribution in [0.5, 0.6) is 0 Å². The zero-order valence-electron chi connectivity index (χ0n) is 20.7. The molecule has 6 rings (SSSR count). The van der Waals surface area contributed by atoms with Crippen molar-refractivity contribution in [1.82, 2.24) is 0 Å². The van der Waals surface area contributed by atoms with Gasteiger partial charge in [-0.1, -0.05) is 47.5 Å². The Kier molecular flexibility index (Phi) is 6.46. The van der Waals surface area contributed by atoms with E-state index in [9.17, 15) is 14.4 Å². The SMILES string of the molecule is COC(=O)c1c(N2C(=O)[C@H]3[C@@H](c4ccc(Cl)cc4Cl)N(c4ccccc4C)O[C@H]3C2=O)sc2c1CCCC2. The van der Waals surface area contributed by atoms with Crippen molar-refractivity contribution in [3.63, 3.8) is 0 Å². The third-order valence-electron chi connectivity index (χ3n) is 7.49. The van der Waals surface area contributed by atoms with E-state index in [1.807, 2.05) is 31.2 Å². The molecule has 0 radical (unpaired) electrons. The number of esters is 1. The summed E-state index contributed by atoms with van der Waals surface area (Å²) in [4.78, 5) is 49.4. The number of para-hydroxylation sites is 1. The van der Waals surface area contributed by atoms with Gasteiger partial charge >= 0.3 is 5.97 Å². The van der Waals surface area contributed by atoms with Crippen LogP contribution < -0.4 is 9.96 Å². The quantitative estimate of drug-likeness (QED) is 0.279. The van der Waals surface area contributed by atoms with Gasteiger partial charge in [-0.3, -0.25) is 14.4 Å². The predicted molar refractivity (Wildman–Crippen MR) is 146 cm³/mol. The number of halogens is 2. The number of hydroxylamine groups is 1. The second kappa shape index (κ2) is 9.68. The molecule has 0 bridgehead atoms. The molecule has 0 unspecified atom stereocenters. The second-order valence-corrected chi connectivity index (χ2v) is 11.6. The zero-order valence-corrected chi connectivity index (χ0v) is 23.0. The van der Waals surface area contributed by atoms with Gasteiger partial charge in [-0.25, -0.2) is 14.8 Å². The molecule has 2 amide bonds. The molecule has 2 aromatic carbocycles. The van der Waals surface area contributed by atoms with Gasteiger partial charge in [0.2, 0.25) is 5.91 Å². The van der Waals surface area contributed by atoms with Gasteiger partial charge in [-0.2, -0.15) is 0 Å². The molecule has 10 heteroatoms. The van der Waals surface area contributed by atoms with Crippen molar-refractivity contribution in [3.05, 3.63) is 79.6 Å². The summed E-state index contributed by atoms with van der Waals surface area (Å²) in [6.45, 7) is 1.93. The fraction of sp³-hybridized carbons (Fsp3) is 0.321. The molecule has 0 saturated carbocycles. The van der Waals surface area contributed by atoms with Gasteiger partial charge in [0.25, 0.3) is 5.91 Å². The lowest BCUT2D eigenvalue weighted by Gasteiger charge is -2.30. The maximum Gasteiger partial charge on any atom is 0.341 e. The Hall–Kier alpha value is -2.91. The standard InChI is InChI=1S/C28H24Cl2N2O5S/c1-14-7-3-5-9-19(14)32-23(16-12-11-15(29)13-18(16)30)22-24(37-32)26(34)31(25(22)33)27-21(28(35)36-2)17-8-4-6-10-20(17)38-27/h3,5,7,9,11-13,22-24H,4,6,8,10H2,1-2H3/t22-,23+,24+/m0/s1. The number of benzene rings is 2. The molecular weight excluding hydrogens is 547 g/mol.